The van der Waals surface area contributed by atoms with Gasteiger partial charge in [0.1, 0.15) is 0 Å². The molecule has 2 rings (SSSR count). The second-order valence-corrected chi connectivity index (χ2v) is 7.58. The summed E-state index contributed by atoms with van der Waals surface area (Å²) in [7, 11) is 0. The molecule has 1 fully saturated rings. The summed E-state index contributed by atoms with van der Waals surface area (Å²) in [5.41, 5.74) is 4.39. The maximum atomic E-state index is 9.86. The fourth-order valence-corrected chi connectivity index (χ4v) is 3.13. The van der Waals surface area contributed by atoms with Gasteiger partial charge in [-0.2, -0.15) is 0 Å². The van der Waals surface area contributed by atoms with E-state index in [2.05, 4.69) is 59.7 Å². The van der Waals surface area contributed by atoms with Crippen molar-refractivity contribution in [3.05, 3.63) is 34.9 Å². The van der Waals surface area contributed by atoms with Crippen LogP contribution >= 0.6 is 0 Å². The maximum absolute atomic E-state index is 9.86. The molecular formula is C17H26O. The van der Waals surface area contributed by atoms with Gasteiger partial charge in [0, 0.05) is 5.41 Å². The summed E-state index contributed by atoms with van der Waals surface area (Å²) >= 11 is 0. The Balaban J connectivity index is 2.52. The van der Waals surface area contributed by atoms with Gasteiger partial charge in [0.25, 0.3) is 0 Å². The minimum absolute atomic E-state index is 0.0155. The molecule has 0 radical (unpaired) electrons. The van der Waals surface area contributed by atoms with Crippen molar-refractivity contribution in [3.8, 4) is 0 Å². The van der Waals surface area contributed by atoms with Gasteiger partial charge < -0.3 is 5.11 Å². The number of hydrogen-bond acceptors (Lipinski definition) is 1. The van der Waals surface area contributed by atoms with E-state index >= 15 is 0 Å². The Morgan fingerprint density at radius 3 is 2.17 bits per heavy atom. The molecule has 0 amide bonds. The zero-order chi connectivity index (χ0) is 13.8. The highest BCUT2D eigenvalue weighted by molar-refractivity contribution is 5.45. The molecule has 1 atom stereocenters. The third-order valence-corrected chi connectivity index (χ3v) is 4.80. The minimum atomic E-state index is -0.0155. The molecule has 1 saturated carbocycles. The first-order valence-corrected chi connectivity index (χ1v) is 6.86. The van der Waals surface area contributed by atoms with Gasteiger partial charge in [-0.3, -0.25) is 0 Å². The maximum Gasteiger partial charge on any atom is 0.0533 e. The molecule has 0 bridgehead atoms. The summed E-state index contributed by atoms with van der Waals surface area (Å²) in [5.74, 6) is 0. The zero-order valence-corrected chi connectivity index (χ0v) is 12.6. The number of aliphatic hydroxyl groups is 1. The Morgan fingerprint density at radius 2 is 1.78 bits per heavy atom. The van der Waals surface area contributed by atoms with Crippen LogP contribution in [0.3, 0.4) is 0 Å². The summed E-state index contributed by atoms with van der Waals surface area (Å²) in [6, 6.07) is 6.75. The average molecular weight is 246 g/mol. The molecule has 1 unspecified atom stereocenters. The number of aliphatic hydroxyl groups excluding tert-OH is 1. The molecule has 1 heteroatoms. The number of benzene rings is 1. The molecule has 0 aliphatic heterocycles. The van der Waals surface area contributed by atoms with Crippen LogP contribution in [0.25, 0.3) is 0 Å². The van der Waals surface area contributed by atoms with Crippen LogP contribution in [0.1, 0.15) is 57.7 Å². The molecule has 0 aromatic heterocycles. The summed E-state index contributed by atoms with van der Waals surface area (Å²) in [4.78, 5) is 0. The number of aryl methyl sites for hydroxylation is 1. The van der Waals surface area contributed by atoms with Crippen LogP contribution in [0, 0.1) is 12.3 Å². The van der Waals surface area contributed by atoms with Crippen molar-refractivity contribution in [2.24, 2.45) is 5.41 Å². The van der Waals surface area contributed by atoms with Gasteiger partial charge in [-0.15, -0.1) is 0 Å². The van der Waals surface area contributed by atoms with Gasteiger partial charge >= 0.3 is 0 Å². The van der Waals surface area contributed by atoms with Crippen LogP contribution in [0.15, 0.2) is 18.2 Å². The van der Waals surface area contributed by atoms with Crippen LogP contribution in [0.4, 0.5) is 0 Å². The Hall–Kier alpha value is -0.820. The second-order valence-electron chi connectivity index (χ2n) is 7.58. The lowest BCUT2D eigenvalue weighted by Crippen LogP contribution is -2.22. The van der Waals surface area contributed by atoms with Crippen LogP contribution < -0.4 is 0 Å². The van der Waals surface area contributed by atoms with Crippen molar-refractivity contribution in [1.82, 2.24) is 0 Å². The van der Waals surface area contributed by atoms with E-state index in [1.807, 2.05) is 0 Å². The van der Waals surface area contributed by atoms with Gasteiger partial charge in [0.15, 0.2) is 0 Å². The Morgan fingerprint density at radius 1 is 1.22 bits per heavy atom. The summed E-state index contributed by atoms with van der Waals surface area (Å²) in [6.45, 7) is 13.7. The molecule has 1 aromatic carbocycles. The smallest absolute Gasteiger partial charge is 0.0533 e. The van der Waals surface area contributed by atoms with Gasteiger partial charge in [-0.25, -0.2) is 0 Å². The first kappa shape index (κ1) is 13.6. The molecule has 0 spiro atoms. The topological polar surface area (TPSA) is 20.2 Å². The Bertz CT molecular complexity index is 465. The van der Waals surface area contributed by atoms with E-state index in [4.69, 9.17) is 0 Å². The van der Waals surface area contributed by atoms with Crippen LogP contribution in [-0.2, 0) is 10.8 Å². The predicted octanol–water partition coefficient (Wildman–Crippen LogP) is 3.95. The number of rotatable bonds is 2. The Labute approximate surface area is 111 Å². The van der Waals surface area contributed by atoms with Gasteiger partial charge in [0.2, 0.25) is 0 Å². The quantitative estimate of drug-likeness (QED) is 0.837. The number of hydrogen-bond donors (Lipinski definition) is 1. The normalized spacial score (nSPS) is 26.2. The van der Waals surface area contributed by atoms with Crippen LogP contribution in [0.5, 0.6) is 0 Å². The molecule has 0 saturated heterocycles. The molecule has 1 aliphatic carbocycles. The predicted molar refractivity (Wildman–Crippen MR) is 77.0 cm³/mol. The van der Waals surface area contributed by atoms with Crippen molar-refractivity contribution in [1.29, 1.82) is 0 Å². The molecular weight excluding hydrogens is 220 g/mol. The van der Waals surface area contributed by atoms with E-state index in [9.17, 15) is 5.11 Å². The largest absolute Gasteiger partial charge is 0.395 e. The highest BCUT2D eigenvalue weighted by Crippen LogP contribution is 2.64. The lowest BCUT2D eigenvalue weighted by atomic mass is 9.80. The first-order chi connectivity index (χ1) is 8.14. The van der Waals surface area contributed by atoms with Crippen LogP contribution in [0.2, 0.25) is 0 Å². The van der Waals surface area contributed by atoms with E-state index in [-0.39, 0.29) is 22.9 Å². The van der Waals surface area contributed by atoms with Gasteiger partial charge in [-0.05, 0) is 40.9 Å². The molecule has 1 N–H and O–H groups in total. The SMILES string of the molecule is Cc1ccc(C(C)(C)C)cc1C1(CO)CC1(C)C. The third-order valence-electron chi connectivity index (χ3n) is 4.80. The fraction of sp³-hybridized carbons (Fsp3) is 0.647. The second kappa shape index (κ2) is 3.84. The van der Waals surface area contributed by atoms with E-state index in [1.54, 1.807) is 0 Å². The highest BCUT2D eigenvalue weighted by Gasteiger charge is 2.62. The highest BCUT2D eigenvalue weighted by atomic mass is 16.3. The van der Waals surface area contributed by atoms with Crippen molar-refractivity contribution >= 4 is 0 Å². The van der Waals surface area contributed by atoms with E-state index in [0.717, 1.165) is 6.42 Å². The van der Waals surface area contributed by atoms with Gasteiger partial charge in [-0.1, -0.05) is 52.8 Å². The summed E-state index contributed by atoms with van der Waals surface area (Å²) < 4.78 is 0. The first-order valence-electron chi connectivity index (χ1n) is 6.86. The van der Waals surface area contributed by atoms with Crippen molar-refractivity contribution < 1.29 is 5.11 Å². The van der Waals surface area contributed by atoms with Crippen molar-refractivity contribution in [3.63, 3.8) is 0 Å². The molecule has 100 valence electrons. The fourth-order valence-electron chi connectivity index (χ4n) is 3.13. The van der Waals surface area contributed by atoms with Crippen molar-refractivity contribution in [2.45, 2.75) is 58.8 Å². The van der Waals surface area contributed by atoms with Gasteiger partial charge in [0.05, 0.1) is 6.61 Å². The molecule has 18 heavy (non-hydrogen) atoms. The van der Waals surface area contributed by atoms with Crippen LogP contribution in [-0.4, -0.2) is 11.7 Å². The lowest BCUT2D eigenvalue weighted by molar-refractivity contribution is 0.231. The van der Waals surface area contributed by atoms with E-state index in [1.165, 1.54) is 16.7 Å². The zero-order valence-electron chi connectivity index (χ0n) is 12.6. The van der Waals surface area contributed by atoms with Crippen molar-refractivity contribution in [2.75, 3.05) is 6.61 Å². The monoisotopic (exact) mass is 246 g/mol. The molecule has 0 heterocycles. The molecule has 1 aliphatic rings. The minimum Gasteiger partial charge on any atom is -0.395 e. The standard InChI is InChI=1S/C17H26O/c1-12-7-8-13(15(2,3)4)9-14(12)17(11-18)10-16(17,5)6/h7-9,18H,10-11H2,1-6H3. The van der Waals surface area contributed by atoms with E-state index in [0.29, 0.717) is 0 Å². The summed E-state index contributed by atoms with van der Waals surface area (Å²) in [6.07, 6.45) is 1.09. The molecule has 1 aromatic rings. The van der Waals surface area contributed by atoms with E-state index < -0.39 is 0 Å². The lowest BCUT2D eigenvalue weighted by Gasteiger charge is -2.25. The molecule has 1 nitrogen and oxygen atoms in total. The average Bonchev–Trinajstić information content (AvgIpc) is 2.81. The third kappa shape index (κ3) is 1.89. The Kier molecular flexibility index (Phi) is 2.90. The summed E-state index contributed by atoms with van der Waals surface area (Å²) in [5, 5.41) is 9.86.